The molecule has 0 saturated carbocycles. The second-order valence-corrected chi connectivity index (χ2v) is 24.2. The number of rotatable bonds is 19. The summed E-state index contributed by atoms with van der Waals surface area (Å²) in [6.45, 7) is 14.0. The summed E-state index contributed by atoms with van der Waals surface area (Å²) in [5, 5.41) is 23.4. The molecule has 5 N–H and O–H groups in total. The molecule has 19 nitrogen and oxygen atoms in total. The van der Waals surface area contributed by atoms with Gasteiger partial charge in [0.15, 0.2) is 5.82 Å². The number of anilines is 6. The molecule has 3 aliphatic heterocycles. The molecular weight excluding hydrogens is 1030 g/mol. The van der Waals surface area contributed by atoms with Crippen molar-refractivity contribution in [2.45, 2.75) is 90.6 Å². The smallest absolute Gasteiger partial charge is 0.246 e. The van der Waals surface area contributed by atoms with Gasteiger partial charge in [0.05, 0.1) is 58.8 Å². The number of piperidine rings is 1. The largest absolute Gasteiger partial charge is 0.494 e. The van der Waals surface area contributed by atoms with Crippen LogP contribution in [0, 0.1) is 12.3 Å². The number of hydrogen-bond donors (Lipinski definition) is 5. The lowest BCUT2D eigenvalue weighted by molar-refractivity contribution is -0.141. The fraction of sp³-hybridized carbons (Fsp3) is 0.481. The number of ether oxygens (including phenoxy) is 1. The molecule has 3 fully saturated rings. The first-order valence-corrected chi connectivity index (χ1v) is 28.9. The minimum atomic E-state index is -3.52. The van der Waals surface area contributed by atoms with Gasteiger partial charge in [-0.3, -0.25) is 23.6 Å². The third-order valence-corrected chi connectivity index (χ3v) is 17.0. The van der Waals surface area contributed by atoms with Crippen molar-refractivity contribution in [2.24, 2.45) is 5.41 Å². The van der Waals surface area contributed by atoms with Crippen molar-refractivity contribution < 1.29 is 32.6 Å². The van der Waals surface area contributed by atoms with Crippen molar-refractivity contribution in [3.63, 3.8) is 0 Å². The van der Waals surface area contributed by atoms with Gasteiger partial charge in [-0.05, 0) is 67.0 Å². The van der Waals surface area contributed by atoms with Crippen LogP contribution in [0.15, 0.2) is 78.4 Å². The van der Waals surface area contributed by atoms with Gasteiger partial charge >= 0.3 is 0 Å². The maximum absolute atomic E-state index is 14.2. The SMILES string of the molecule is COc1cc(N2CCC(N3CCN(CCC(=O)N[C@H](C(=O)N4C[C@H](O)C[C@@H]4CC(=O)NCc4ccc(-c5scnc5C)cc4)C(C)(C)C)CC3)CC2)ccc1Nc1ncc(Cl)c(Nc2ccccc2N(C)S(C)(=O)=O)n1. The number of para-hydroxylation sites is 2. The first kappa shape index (κ1) is 56.1. The third-order valence-electron chi connectivity index (χ3n) is 14.5. The normalized spacial score (nSPS) is 18.3. The first-order chi connectivity index (χ1) is 36.2. The third kappa shape index (κ3) is 14.1. The van der Waals surface area contributed by atoms with Crippen molar-refractivity contribution in [1.29, 1.82) is 0 Å². The number of benzene rings is 3. The van der Waals surface area contributed by atoms with E-state index in [2.05, 4.69) is 57.0 Å². The Balaban J connectivity index is 0.772. The summed E-state index contributed by atoms with van der Waals surface area (Å²) in [5.41, 5.74) is 6.88. The lowest BCUT2D eigenvalue weighted by Gasteiger charge is -2.43. The Bertz CT molecular complexity index is 2940. The van der Waals surface area contributed by atoms with Gasteiger partial charge in [-0.25, -0.2) is 18.4 Å². The number of carbonyl (C=O) groups is 3. The number of carbonyl (C=O) groups excluding carboxylic acids is 3. The predicted molar refractivity (Wildman–Crippen MR) is 300 cm³/mol. The van der Waals surface area contributed by atoms with Gasteiger partial charge in [-0.15, -0.1) is 11.3 Å². The van der Waals surface area contributed by atoms with Crippen molar-refractivity contribution in [2.75, 3.05) is 92.6 Å². The summed E-state index contributed by atoms with van der Waals surface area (Å²) in [4.78, 5) is 64.3. The molecule has 0 unspecified atom stereocenters. The number of nitrogens with zero attached hydrogens (tertiary/aromatic N) is 8. The summed E-state index contributed by atoms with van der Waals surface area (Å²) in [6, 6.07) is 20.1. The second kappa shape index (κ2) is 24.5. The number of halogens is 1. The van der Waals surface area contributed by atoms with E-state index in [4.69, 9.17) is 16.3 Å². The van der Waals surface area contributed by atoms with Crippen molar-refractivity contribution in [3.05, 3.63) is 94.7 Å². The van der Waals surface area contributed by atoms with E-state index in [9.17, 15) is 27.9 Å². The van der Waals surface area contributed by atoms with E-state index in [-0.39, 0.29) is 48.1 Å². The average Bonchev–Trinajstić information content (AvgIpc) is 4.01. The molecule has 2 aromatic heterocycles. The highest BCUT2D eigenvalue weighted by Gasteiger charge is 2.42. The molecular formula is C54H71ClN12O7S2. The molecule has 3 saturated heterocycles. The van der Waals surface area contributed by atoms with Gasteiger partial charge in [0, 0.05) is 103 Å². The Morgan fingerprint density at radius 1 is 0.947 bits per heavy atom. The van der Waals surface area contributed by atoms with Crippen LogP contribution in [-0.2, 0) is 31.0 Å². The number of amides is 3. The molecule has 22 heteroatoms. The van der Waals surface area contributed by atoms with E-state index in [1.54, 1.807) is 47.6 Å². The maximum Gasteiger partial charge on any atom is 0.246 e. The lowest BCUT2D eigenvalue weighted by Crippen LogP contribution is -2.56. The fourth-order valence-corrected chi connectivity index (χ4v) is 11.6. The maximum atomic E-state index is 14.2. The zero-order valence-corrected chi connectivity index (χ0v) is 46.8. The molecule has 5 heterocycles. The topological polar surface area (TPSA) is 218 Å². The number of β-amino-alcohol motifs (C(OH)–C–C–N with tert-alkyl or cyclic N) is 1. The zero-order chi connectivity index (χ0) is 54.3. The second-order valence-electron chi connectivity index (χ2n) is 21.0. The van der Waals surface area contributed by atoms with Gasteiger partial charge in [0.2, 0.25) is 33.7 Å². The van der Waals surface area contributed by atoms with E-state index in [0.717, 1.165) is 85.8 Å². The Hall–Kier alpha value is -6.10. The molecule has 3 amide bonds. The number of aromatic nitrogens is 3. The number of likely N-dealkylation sites (tertiary alicyclic amines) is 1. The van der Waals surface area contributed by atoms with Gasteiger partial charge in [0.1, 0.15) is 16.8 Å². The quantitative estimate of drug-likeness (QED) is 0.0587. The van der Waals surface area contributed by atoms with Crippen LogP contribution in [0.4, 0.5) is 34.5 Å². The van der Waals surface area contributed by atoms with E-state index >= 15 is 0 Å². The van der Waals surface area contributed by atoms with Crippen molar-refractivity contribution in [1.82, 2.24) is 40.3 Å². The number of aliphatic hydroxyl groups is 1. The number of piperazine rings is 1. The molecule has 76 heavy (non-hydrogen) atoms. The Morgan fingerprint density at radius 2 is 1.67 bits per heavy atom. The lowest BCUT2D eigenvalue weighted by atomic mass is 9.85. The first-order valence-electron chi connectivity index (χ1n) is 25.8. The molecule has 408 valence electrons. The molecule has 3 aliphatic rings. The Kier molecular flexibility index (Phi) is 18.1. The molecule has 8 rings (SSSR count). The van der Waals surface area contributed by atoms with Crippen LogP contribution >= 0.6 is 22.9 Å². The number of nitrogens with one attached hydrogen (secondary N) is 4. The van der Waals surface area contributed by atoms with Gasteiger partial charge < -0.3 is 45.8 Å². The number of methoxy groups -OCH3 is 1. The predicted octanol–water partition coefficient (Wildman–Crippen LogP) is 6.63. The number of thiazole rings is 1. The van der Waals surface area contributed by atoms with E-state index in [0.29, 0.717) is 54.2 Å². The van der Waals surface area contributed by atoms with E-state index in [1.165, 1.54) is 17.5 Å². The molecule has 0 aliphatic carbocycles. The highest BCUT2D eigenvalue weighted by molar-refractivity contribution is 7.92. The molecule has 3 aromatic carbocycles. The average molecular weight is 1100 g/mol. The van der Waals surface area contributed by atoms with Crippen LogP contribution in [-0.4, -0.2) is 158 Å². The summed E-state index contributed by atoms with van der Waals surface area (Å²) in [7, 11) is -0.420. The highest BCUT2D eigenvalue weighted by Crippen LogP contribution is 2.36. The standard InChI is InChI=1S/C54H71ClN12O7S2/c1-35-49(75-34-58-35)37-14-12-36(13-15-37)31-56-48(70)30-40-28-41(68)33-67(40)52(71)50(54(2,3)4)61-47(69)20-21-64-24-26-66(27-25-64)38-18-22-65(23-19-38)39-16-17-44(46(29-39)74-6)60-53-57-32-42(55)51(62-53)59-43-10-8-9-11-45(43)63(5)76(7,72)73/h8-17,29,32,34,38,40-41,50,68H,18-28,30-31,33H2,1-7H3,(H,56,70)(H,61,69)(H2,57,59,60,62)/t40-,41-,50-/m1/s1. The van der Waals surface area contributed by atoms with Crippen molar-refractivity contribution in [3.8, 4) is 16.2 Å². The minimum Gasteiger partial charge on any atom is -0.494 e. The molecule has 5 aromatic rings. The van der Waals surface area contributed by atoms with Crippen LogP contribution in [0.25, 0.3) is 10.4 Å². The van der Waals surface area contributed by atoms with Crippen LogP contribution in [0.2, 0.25) is 5.02 Å². The summed E-state index contributed by atoms with van der Waals surface area (Å²) in [5.74, 6) is 0.489. The molecule has 3 atom stereocenters. The number of sulfonamides is 1. The minimum absolute atomic E-state index is 0.0539. The summed E-state index contributed by atoms with van der Waals surface area (Å²) >= 11 is 8.09. The summed E-state index contributed by atoms with van der Waals surface area (Å²) < 4.78 is 31.6. The highest BCUT2D eigenvalue weighted by atomic mass is 35.5. The van der Waals surface area contributed by atoms with Gasteiger partial charge in [0.25, 0.3) is 0 Å². The van der Waals surface area contributed by atoms with Crippen molar-refractivity contribution >= 4 is 85.2 Å². The van der Waals surface area contributed by atoms with Crippen LogP contribution in [0.3, 0.4) is 0 Å². The monoisotopic (exact) mass is 1100 g/mol. The van der Waals surface area contributed by atoms with Gasteiger partial charge in [-0.2, -0.15) is 4.98 Å². The molecule has 0 bridgehead atoms. The fourth-order valence-electron chi connectivity index (χ4n) is 10.1. The van der Waals surface area contributed by atoms with Crippen LogP contribution < -0.4 is 35.2 Å². The zero-order valence-electron chi connectivity index (χ0n) is 44.4. The number of hydrogen-bond acceptors (Lipinski definition) is 16. The van der Waals surface area contributed by atoms with E-state index < -0.39 is 33.6 Å². The Morgan fingerprint density at radius 3 is 2.34 bits per heavy atom. The number of aryl methyl sites for hydroxylation is 1. The number of aliphatic hydroxyl groups excluding tert-OH is 1. The van der Waals surface area contributed by atoms with Crippen LogP contribution in [0.5, 0.6) is 5.75 Å². The Labute approximate surface area is 455 Å². The molecule has 0 spiro atoms. The summed E-state index contributed by atoms with van der Waals surface area (Å²) in [6.07, 6.45) is 4.46. The van der Waals surface area contributed by atoms with Crippen LogP contribution in [0.1, 0.15) is 64.1 Å². The molecule has 0 radical (unpaired) electrons. The van der Waals surface area contributed by atoms with Gasteiger partial charge in [-0.1, -0.05) is 68.8 Å². The van der Waals surface area contributed by atoms with E-state index in [1.807, 2.05) is 69.6 Å².